The van der Waals surface area contributed by atoms with E-state index in [-0.39, 0.29) is 38.5 Å². The summed E-state index contributed by atoms with van der Waals surface area (Å²) in [5.74, 6) is -0.931. The molecule has 0 aromatic heterocycles. The largest absolute Gasteiger partial charge is 0.497 e. The van der Waals surface area contributed by atoms with Crippen LogP contribution in [0.15, 0.2) is 47.4 Å². The van der Waals surface area contributed by atoms with E-state index in [1.54, 1.807) is 24.1 Å². The number of carbonyl (C=O) groups excluding carboxylic acids is 3. The van der Waals surface area contributed by atoms with E-state index in [9.17, 15) is 22.8 Å². The first kappa shape index (κ1) is 32.2. The maximum Gasteiger partial charge on any atom is 0.313 e. The van der Waals surface area contributed by atoms with Gasteiger partial charge in [0, 0.05) is 44.1 Å². The average molecular weight is 633 g/mol. The molecule has 0 bridgehead atoms. The van der Waals surface area contributed by atoms with Gasteiger partial charge in [0.15, 0.2) is 0 Å². The third-order valence-corrected chi connectivity index (χ3v) is 11.5. The SMILES string of the molecule is COc1cccc(CC(=O)N2CCc3ccc(NC(=O)C(=O)N4CCN(S(=O)(=O)c5c(C)c(C)c(C)c(C)c5C)CC4)cc32)c1. The molecule has 0 unspecified atom stereocenters. The first-order valence-electron chi connectivity index (χ1n) is 15.1. The number of benzene rings is 3. The first-order valence-corrected chi connectivity index (χ1v) is 16.5. The third kappa shape index (κ3) is 6.19. The number of rotatable bonds is 6. The van der Waals surface area contributed by atoms with Gasteiger partial charge in [0.05, 0.1) is 18.4 Å². The van der Waals surface area contributed by atoms with Gasteiger partial charge in [-0.25, -0.2) is 8.42 Å². The van der Waals surface area contributed by atoms with Crippen LogP contribution >= 0.6 is 0 Å². The summed E-state index contributed by atoms with van der Waals surface area (Å²) in [7, 11) is -2.21. The number of fused-ring (bicyclic) bond motifs is 1. The highest BCUT2D eigenvalue weighted by molar-refractivity contribution is 7.89. The number of nitrogens with one attached hydrogen (secondary N) is 1. The van der Waals surface area contributed by atoms with Crippen LogP contribution < -0.4 is 15.0 Å². The van der Waals surface area contributed by atoms with Crippen molar-refractivity contribution in [1.82, 2.24) is 9.21 Å². The molecule has 1 fully saturated rings. The van der Waals surface area contributed by atoms with Crippen LogP contribution in [0.3, 0.4) is 0 Å². The minimum absolute atomic E-state index is 0.0734. The van der Waals surface area contributed by atoms with E-state index in [2.05, 4.69) is 5.32 Å². The van der Waals surface area contributed by atoms with E-state index >= 15 is 0 Å². The minimum atomic E-state index is -3.79. The Morgan fingerprint density at radius 2 is 1.47 bits per heavy atom. The van der Waals surface area contributed by atoms with E-state index < -0.39 is 21.8 Å². The zero-order chi connectivity index (χ0) is 32.6. The number of sulfonamides is 1. The third-order valence-electron chi connectivity index (χ3n) is 9.28. The molecule has 3 aromatic carbocycles. The molecule has 1 saturated heterocycles. The van der Waals surface area contributed by atoms with Crippen molar-refractivity contribution in [1.29, 1.82) is 0 Å². The van der Waals surface area contributed by atoms with E-state index in [4.69, 9.17) is 4.74 Å². The topological polar surface area (TPSA) is 116 Å². The number of methoxy groups -OCH3 is 1. The molecule has 45 heavy (non-hydrogen) atoms. The minimum Gasteiger partial charge on any atom is -0.497 e. The van der Waals surface area contributed by atoms with Crippen LogP contribution in [0.1, 0.15) is 38.9 Å². The second-order valence-corrected chi connectivity index (χ2v) is 13.6. The van der Waals surface area contributed by atoms with E-state index in [1.807, 2.05) is 65.0 Å². The van der Waals surface area contributed by atoms with Crippen LogP contribution in [-0.4, -0.2) is 75.2 Å². The molecular weight excluding hydrogens is 592 g/mol. The highest BCUT2D eigenvalue weighted by atomic mass is 32.2. The van der Waals surface area contributed by atoms with Crippen molar-refractivity contribution in [2.24, 2.45) is 0 Å². The van der Waals surface area contributed by atoms with Gasteiger partial charge in [-0.15, -0.1) is 0 Å². The Bertz CT molecular complexity index is 1770. The quantitative estimate of drug-likeness (QED) is 0.413. The number of piperazine rings is 1. The molecule has 1 N–H and O–H groups in total. The summed E-state index contributed by atoms with van der Waals surface area (Å²) < 4.78 is 34.1. The van der Waals surface area contributed by atoms with Gasteiger partial charge < -0.3 is 19.9 Å². The summed E-state index contributed by atoms with van der Waals surface area (Å²) in [5.41, 5.74) is 7.42. The van der Waals surface area contributed by atoms with Gasteiger partial charge in [-0.3, -0.25) is 14.4 Å². The summed E-state index contributed by atoms with van der Waals surface area (Å²) >= 11 is 0. The number of carbonyl (C=O) groups is 3. The Morgan fingerprint density at radius 3 is 2.11 bits per heavy atom. The summed E-state index contributed by atoms with van der Waals surface area (Å²) in [6.07, 6.45) is 0.899. The van der Waals surface area contributed by atoms with Gasteiger partial charge in [-0.1, -0.05) is 18.2 Å². The predicted molar refractivity (Wildman–Crippen MR) is 173 cm³/mol. The molecular formula is C34H40N4O6S. The van der Waals surface area contributed by atoms with Crippen molar-refractivity contribution in [2.75, 3.05) is 50.1 Å². The van der Waals surface area contributed by atoms with Crippen molar-refractivity contribution in [2.45, 2.75) is 52.4 Å². The maximum absolute atomic E-state index is 13.7. The number of ether oxygens (including phenoxy) is 1. The molecule has 3 aromatic rings. The monoisotopic (exact) mass is 632 g/mol. The second kappa shape index (κ2) is 12.6. The Hall–Kier alpha value is -4.22. The molecule has 5 rings (SSSR count). The summed E-state index contributed by atoms with van der Waals surface area (Å²) in [6.45, 7) is 10.5. The van der Waals surface area contributed by atoms with E-state index in [1.165, 1.54) is 9.21 Å². The van der Waals surface area contributed by atoms with E-state index in [0.717, 1.165) is 38.9 Å². The zero-order valence-corrected chi connectivity index (χ0v) is 27.5. The van der Waals surface area contributed by atoms with Crippen LogP contribution in [0.25, 0.3) is 0 Å². The number of hydrogen-bond donors (Lipinski definition) is 1. The van der Waals surface area contributed by atoms with Crippen LogP contribution in [0, 0.1) is 34.6 Å². The lowest BCUT2D eigenvalue weighted by Crippen LogP contribution is -2.53. The zero-order valence-electron chi connectivity index (χ0n) is 26.7. The number of anilines is 2. The van der Waals surface area contributed by atoms with Gasteiger partial charge in [-0.2, -0.15) is 4.31 Å². The van der Waals surface area contributed by atoms with Gasteiger partial charge in [0.1, 0.15) is 5.75 Å². The smallest absolute Gasteiger partial charge is 0.313 e. The average Bonchev–Trinajstić information content (AvgIpc) is 3.46. The van der Waals surface area contributed by atoms with Crippen LogP contribution in [0.5, 0.6) is 5.75 Å². The van der Waals surface area contributed by atoms with Crippen molar-refractivity contribution >= 4 is 39.1 Å². The van der Waals surface area contributed by atoms with E-state index in [0.29, 0.717) is 35.0 Å². The Kier molecular flexibility index (Phi) is 9.04. The summed E-state index contributed by atoms with van der Waals surface area (Å²) in [5, 5.41) is 2.68. The standard InChI is InChI=1S/C34H40N4O6S/c1-21-22(2)24(4)32(25(5)23(21)3)45(42,43)37-16-14-36(15-17-37)34(41)33(40)35-28-11-10-27-12-13-38(30(27)20-28)31(39)19-26-8-7-9-29(18-26)44-6/h7-11,18,20H,12-17,19H2,1-6H3,(H,35,40). The summed E-state index contributed by atoms with van der Waals surface area (Å²) in [6, 6.07) is 12.7. The number of hydrogen-bond acceptors (Lipinski definition) is 6. The highest BCUT2D eigenvalue weighted by Gasteiger charge is 2.35. The van der Waals surface area contributed by atoms with Gasteiger partial charge in [0.25, 0.3) is 0 Å². The van der Waals surface area contributed by atoms with Crippen molar-refractivity contribution in [3.8, 4) is 5.75 Å². The molecule has 0 atom stereocenters. The Morgan fingerprint density at radius 1 is 0.822 bits per heavy atom. The Labute approximate surface area is 265 Å². The predicted octanol–water partition coefficient (Wildman–Crippen LogP) is 3.84. The van der Waals surface area contributed by atoms with Gasteiger partial charge >= 0.3 is 11.8 Å². The molecule has 2 heterocycles. The lowest BCUT2D eigenvalue weighted by atomic mass is 9.95. The van der Waals surface area contributed by atoms with Crippen LogP contribution in [-0.2, 0) is 37.2 Å². The number of amides is 3. The molecule has 238 valence electrons. The van der Waals surface area contributed by atoms with Gasteiger partial charge in [-0.05, 0) is 104 Å². The second-order valence-electron chi connectivity index (χ2n) is 11.8. The van der Waals surface area contributed by atoms with Crippen molar-refractivity contribution < 1.29 is 27.5 Å². The fraction of sp³-hybridized carbons (Fsp3) is 0.382. The molecule has 2 aliphatic heterocycles. The fourth-order valence-electron chi connectivity index (χ4n) is 6.21. The Balaban J connectivity index is 1.22. The van der Waals surface area contributed by atoms with Crippen molar-refractivity contribution in [3.63, 3.8) is 0 Å². The summed E-state index contributed by atoms with van der Waals surface area (Å²) in [4.78, 5) is 42.7. The molecule has 0 aliphatic carbocycles. The van der Waals surface area contributed by atoms with Crippen LogP contribution in [0.4, 0.5) is 11.4 Å². The van der Waals surface area contributed by atoms with Crippen molar-refractivity contribution in [3.05, 3.63) is 81.4 Å². The molecule has 3 amide bonds. The lowest BCUT2D eigenvalue weighted by Gasteiger charge is -2.34. The molecule has 0 spiro atoms. The molecule has 11 heteroatoms. The fourth-order valence-corrected chi connectivity index (χ4v) is 8.19. The normalized spacial score (nSPS) is 15.2. The van der Waals surface area contributed by atoms with Crippen LogP contribution in [0.2, 0.25) is 0 Å². The maximum atomic E-state index is 13.7. The van der Waals surface area contributed by atoms with Gasteiger partial charge in [0.2, 0.25) is 15.9 Å². The first-order chi connectivity index (χ1) is 21.3. The lowest BCUT2D eigenvalue weighted by molar-refractivity contribution is -0.143. The molecule has 0 radical (unpaired) electrons. The highest BCUT2D eigenvalue weighted by Crippen LogP contribution is 2.33. The molecule has 2 aliphatic rings. The number of nitrogens with zero attached hydrogens (tertiary/aromatic N) is 3. The molecule has 10 nitrogen and oxygen atoms in total. The molecule has 0 saturated carbocycles.